The fourth-order valence-corrected chi connectivity index (χ4v) is 5.89. The van der Waals surface area contributed by atoms with E-state index in [9.17, 15) is 8.42 Å². The third kappa shape index (κ3) is 3.63. The lowest BCUT2D eigenvalue weighted by Gasteiger charge is -2.22. The summed E-state index contributed by atoms with van der Waals surface area (Å²) in [4.78, 5) is 6.77. The summed E-state index contributed by atoms with van der Waals surface area (Å²) in [5.74, 6) is 1.99. The summed E-state index contributed by atoms with van der Waals surface area (Å²) in [6, 6.07) is 10.9. The van der Waals surface area contributed by atoms with E-state index in [1.54, 1.807) is 26.4 Å². The normalized spacial score (nSPS) is 22.1. The van der Waals surface area contributed by atoms with Crippen LogP contribution in [0.3, 0.4) is 0 Å². The minimum absolute atomic E-state index is 0.162. The van der Waals surface area contributed by atoms with Crippen molar-refractivity contribution in [2.45, 2.75) is 36.5 Å². The molecule has 7 nitrogen and oxygen atoms in total. The van der Waals surface area contributed by atoms with Gasteiger partial charge in [0, 0.05) is 19.7 Å². The molecule has 2 aliphatic rings. The first-order valence-corrected chi connectivity index (χ1v) is 11.8. The van der Waals surface area contributed by atoms with Crippen LogP contribution in [0.1, 0.15) is 37.2 Å². The first-order chi connectivity index (χ1) is 14.3. The molecule has 2 aliphatic carbocycles. The summed E-state index contributed by atoms with van der Waals surface area (Å²) in [6.45, 7) is 0.881. The van der Waals surface area contributed by atoms with Gasteiger partial charge in [0.15, 0.2) is 0 Å². The molecule has 1 spiro atoms. The van der Waals surface area contributed by atoms with Gasteiger partial charge in [-0.05, 0) is 53.9 Å². The van der Waals surface area contributed by atoms with Gasteiger partial charge in [0.25, 0.3) is 0 Å². The molecule has 4 rings (SSSR count). The highest BCUT2D eigenvalue weighted by Gasteiger charge is 2.65. The van der Waals surface area contributed by atoms with E-state index in [1.807, 2.05) is 24.3 Å². The Morgan fingerprint density at radius 3 is 2.33 bits per heavy atom. The van der Waals surface area contributed by atoms with E-state index in [4.69, 9.17) is 14.6 Å². The van der Waals surface area contributed by atoms with Gasteiger partial charge in [-0.3, -0.25) is 0 Å². The van der Waals surface area contributed by atoms with Crippen molar-refractivity contribution in [2.24, 2.45) is 16.5 Å². The van der Waals surface area contributed by atoms with E-state index in [0.717, 1.165) is 12.2 Å². The number of hydrogen-bond donors (Lipinski definition) is 1. The van der Waals surface area contributed by atoms with Crippen molar-refractivity contribution in [3.63, 3.8) is 0 Å². The van der Waals surface area contributed by atoms with Crippen LogP contribution >= 0.6 is 0 Å². The van der Waals surface area contributed by atoms with Crippen molar-refractivity contribution in [3.8, 4) is 11.8 Å². The second kappa shape index (κ2) is 7.74. The maximum absolute atomic E-state index is 11.6. The molecule has 0 aliphatic heterocycles. The lowest BCUT2D eigenvalue weighted by atomic mass is 9.97. The Morgan fingerprint density at radius 1 is 1.10 bits per heavy atom. The lowest BCUT2D eigenvalue weighted by molar-refractivity contribution is 0.364. The molecule has 0 radical (unpaired) electrons. The summed E-state index contributed by atoms with van der Waals surface area (Å²) in [6.07, 6.45) is 4.93. The van der Waals surface area contributed by atoms with Crippen LogP contribution in [-0.2, 0) is 10.0 Å². The maximum atomic E-state index is 11.6. The minimum atomic E-state index is -3.67. The van der Waals surface area contributed by atoms with Gasteiger partial charge in [0.1, 0.15) is 0 Å². The Labute approximate surface area is 178 Å². The fraction of sp³-hybridized carbons (Fsp3) is 0.500. The van der Waals surface area contributed by atoms with Crippen LogP contribution < -0.4 is 19.5 Å². The average Bonchev–Trinajstić information content (AvgIpc) is 3.07. The van der Waals surface area contributed by atoms with Crippen LogP contribution in [0.15, 0.2) is 41.3 Å². The van der Waals surface area contributed by atoms with Gasteiger partial charge in [-0.1, -0.05) is 25.0 Å². The van der Waals surface area contributed by atoms with Crippen LogP contribution in [0.5, 0.6) is 11.8 Å². The van der Waals surface area contributed by atoms with Crippen molar-refractivity contribution < 1.29 is 17.9 Å². The molecule has 2 N–H and O–H groups in total. The summed E-state index contributed by atoms with van der Waals surface area (Å²) in [5.41, 5.74) is 2.43. The molecular formula is C22H29N3O4S. The fourth-order valence-electron chi connectivity index (χ4n) is 5.37. The highest BCUT2D eigenvalue weighted by atomic mass is 32.2. The van der Waals surface area contributed by atoms with E-state index < -0.39 is 10.0 Å². The molecule has 2 atom stereocenters. The number of methoxy groups -OCH3 is 2. The molecule has 162 valence electrons. The molecule has 2 aromatic rings. The van der Waals surface area contributed by atoms with Gasteiger partial charge in [0.05, 0.1) is 24.8 Å². The van der Waals surface area contributed by atoms with Crippen LogP contribution in [-0.4, -0.2) is 41.2 Å². The van der Waals surface area contributed by atoms with Gasteiger partial charge < -0.3 is 14.4 Å². The molecule has 1 heterocycles. The topological polar surface area (TPSA) is 94.8 Å². The average molecular weight is 432 g/mol. The Kier molecular flexibility index (Phi) is 5.40. The SMILES string of the molecule is COc1ccc(N(C)CC2C(c3ccc(S(N)(=O)=O)cc3)C23CCCC3)c(OC)n1. The van der Waals surface area contributed by atoms with Crippen LogP contribution in [0, 0.1) is 11.3 Å². The molecule has 0 saturated heterocycles. The van der Waals surface area contributed by atoms with Gasteiger partial charge in [-0.15, -0.1) is 0 Å². The van der Waals surface area contributed by atoms with Crippen LogP contribution in [0.25, 0.3) is 0 Å². The number of primary sulfonamides is 1. The number of benzene rings is 1. The van der Waals surface area contributed by atoms with E-state index >= 15 is 0 Å². The third-order valence-electron chi connectivity index (χ3n) is 6.85. The summed E-state index contributed by atoms with van der Waals surface area (Å²) < 4.78 is 33.9. The standard InChI is InChI=1S/C22H29N3O4S/c1-25(18-10-11-19(28-2)24-21(18)29-3)14-17-20(22(17)12-4-5-13-22)15-6-8-16(9-7-15)30(23,26)27/h6-11,17,20H,4-5,12-14H2,1-3H3,(H2,23,26,27). The predicted molar refractivity (Wildman–Crippen MR) is 116 cm³/mol. The van der Waals surface area contributed by atoms with Gasteiger partial charge in [-0.25, -0.2) is 13.6 Å². The van der Waals surface area contributed by atoms with Crippen molar-refractivity contribution in [2.75, 3.05) is 32.7 Å². The Bertz CT molecular complexity index is 1020. The smallest absolute Gasteiger partial charge is 0.240 e. The highest BCUT2D eigenvalue weighted by Crippen LogP contribution is 2.72. The Hall–Kier alpha value is -2.32. The van der Waals surface area contributed by atoms with Crippen molar-refractivity contribution in [1.82, 2.24) is 4.98 Å². The molecule has 2 fully saturated rings. The van der Waals surface area contributed by atoms with E-state index in [0.29, 0.717) is 29.0 Å². The number of anilines is 1. The highest BCUT2D eigenvalue weighted by molar-refractivity contribution is 7.89. The largest absolute Gasteiger partial charge is 0.481 e. The van der Waals surface area contributed by atoms with Crippen molar-refractivity contribution in [3.05, 3.63) is 42.0 Å². The van der Waals surface area contributed by atoms with Crippen molar-refractivity contribution in [1.29, 1.82) is 0 Å². The molecular weight excluding hydrogens is 402 g/mol. The maximum Gasteiger partial charge on any atom is 0.240 e. The molecule has 1 aromatic carbocycles. The first-order valence-electron chi connectivity index (χ1n) is 10.2. The second-order valence-electron chi connectivity index (χ2n) is 8.40. The minimum Gasteiger partial charge on any atom is -0.481 e. The molecule has 2 saturated carbocycles. The zero-order valence-electron chi connectivity index (χ0n) is 17.7. The summed E-state index contributed by atoms with van der Waals surface area (Å²) in [5, 5.41) is 5.26. The van der Waals surface area contributed by atoms with E-state index in [-0.39, 0.29) is 4.90 Å². The zero-order valence-corrected chi connectivity index (χ0v) is 18.5. The number of rotatable bonds is 7. The van der Waals surface area contributed by atoms with Gasteiger partial charge in [0.2, 0.25) is 21.8 Å². The molecule has 0 bridgehead atoms. The number of ether oxygens (including phenoxy) is 2. The van der Waals surface area contributed by atoms with Gasteiger partial charge >= 0.3 is 0 Å². The van der Waals surface area contributed by atoms with Crippen molar-refractivity contribution >= 4 is 15.7 Å². The number of nitrogens with zero attached hydrogens (tertiary/aromatic N) is 2. The monoisotopic (exact) mass is 431 g/mol. The first kappa shape index (κ1) is 20.9. The molecule has 2 unspecified atom stereocenters. The van der Waals surface area contributed by atoms with Crippen LogP contribution in [0.4, 0.5) is 5.69 Å². The predicted octanol–water partition coefficient (Wildman–Crippen LogP) is 3.16. The number of sulfonamides is 1. The molecule has 30 heavy (non-hydrogen) atoms. The Balaban J connectivity index is 1.57. The second-order valence-corrected chi connectivity index (χ2v) is 9.96. The summed E-state index contributed by atoms with van der Waals surface area (Å²) in [7, 11) is 1.59. The number of aromatic nitrogens is 1. The Morgan fingerprint density at radius 2 is 1.77 bits per heavy atom. The number of nitrogens with two attached hydrogens (primary N) is 1. The summed E-state index contributed by atoms with van der Waals surface area (Å²) >= 11 is 0. The van der Waals surface area contributed by atoms with E-state index in [1.165, 1.54) is 31.2 Å². The lowest BCUT2D eigenvalue weighted by Crippen LogP contribution is -2.23. The molecule has 0 amide bonds. The third-order valence-corrected chi connectivity index (χ3v) is 7.78. The quantitative estimate of drug-likeness (QED) is 0.724. The molecule has 8 heteroatoms. The zero-order chi connectivity index (χ0) is 21.5. The van der Waals surface area contributed by atoms with E-state index in [2.05, 4.69) is 16.9 Å². The number of pyridine rings is 1. The number of hydrogen-bond acceptors (Lipinski definition) is 6. The molecule has 1 aromatic heterocycles. The van der Waals surface area contributed by atoms with Crippen LogP contribution in [0.2, 0.25) is 0 Å². The van der Waals surface area contributed by atoms with Gasteiger partial charge in [-0.2, -0.15) is 4.98 Å².